The van der Waals surface area contributed by atoms with E-state index in [9.17, 15) is 4.79 Å². The lowest BCUT2D eigenvalue weighted by Crippen LogP contribution is -2.58. The molecule has 46 heavy (non-hydrogen) atoms. The maximum atomic E-state index is 13.2. The van der Waals surface area contributed by atoms with Gasteiger partial charge in [0.15, 0.2) is 0 Å². The fraction of sp³-hybridized carbons (Fsp3) is 0.897. The molecule has 2 aliphatic heterocycles. The van der Waals surface area contributed by atoms with Crippen molar-refractivity contribution < 1.29 is 18.4 Å². The third-order valence-electron chi connectivity index (χ3n) is 11.7. The SMILES string of the molecule is CCCCCCC[C@@H](C=C=CCCC1OC(=O)N2[C@@H]1CC[C@@H](O[Si](C(C)C)(C(C)C)C(C)C)[C@@H]2C)O[Si](C(C)C)(C(C)C)C(C)C. The normalized spacial score (nSPS) is 23.1. The molecule has 0 radical (unpaired) electrons. The number of amides is 1. The van der Waals surface area contributed by atoms with Gasteiger partial charge in [-0.05, 0) is 84.4 Å². The van der Waals surface area contributed by atoms with Gasteiger partial charge in [0.2, 0.25) is 16.6 Å². The highest BCUT2D eigenvalue weighted by Gasteiger charge is 2.53. The molecule has 0 aromatic carbocycles. The Morgan fingerprint density at radius 3 is 1.89 bits per heavy atom. The van der Waals surface area contributed by atoms with Crippen LogP contribution in [-0.4, -0.2) is 58.0 Å². The van der Waals surface area contributed by atoms with Gasteiger partial charge in [0.05, 0.1) is 24.3 Å². The van der Waals surface area contributed by atoms with E-state index in [1.54, 1.807) is 0 Å². The van der Waals surface area contributed by atoms with E-state index < -0.39 is 16.6 Å². The largest absolute Gasteiger partial charge is 0.444 e. The highest BCUT2D eigenvalue weighted by molar-refractivity contribution is 6.78. The van der Waals surface area contributed by atoms with Gasteiger partial charge in [0.25, 0.3) is 0 Å². The molecule has 268 valence electrons. The third-order valence-corrected chi connectivity index (χ3v) is 23.9. The molecule has 1 amide bonds. The van der Waals surface area contributed by atoms with Crippen molar-refractivity contribution in [3.63, 3.8) is 0 Å². The zero-order chi connectivity index (χ0) is 34.8. The number of hydrogen-bond donors (Lipinski definition) is 0. The Bertz CT molecular complexity index is 927. The van der Waals surface area contributed by atoms with Gasteiger partial charge >= 0.3 is 6.09 Å². The number of nitrogens with zero attached hydrogens (tertiary/aromatic N) is 1. The minimum absolute atomic E-state index is 0.0392. The van der Waals surface area contributed by atoms with Crippen LogP contribution in [0.3, 0.4) is 0 Å². The van der Waals surface area contributed by atoms with Crippen LogP contribution < -0.4 is 0 Å². The Balaban J connectivity index is 2.11. The second kappa shape index (κ2) is 18.8. The molecule has 1 unspecified atom stereocenters. The molecule has 2 rings (SSSR count). The summed E-state index contributed by atoms with van der Waals surface area (Å²) in [5, 5.41) is 0. The minimum Gasteiger partial charge on any atom is -0.444 e. The minimum atomic E-state index is -2.03. The van der Waals surface area contributed by atoms with Crippen molar-refractivity contribution in [2.24, 2.45) is 0 Å². The molecule has 2 fully saturated rings. The monoisotopic (exact) mass is 678 g/mol. The van der Waals surface area contributed by atoms with Crippen molar-refractivity contribution in [2.45, 2.75) is 225 Å². The predicted octanol–water partition coefficient (Wildman–Crippen LogP) is 12.3. The summed E-state index contributed by atoms with van der Waals surface area (Å²) in [4.78, 5) is 15.2. The molecule has 2 aliphatic rings. The average molecular weight is 678 g/mol. The topological polar surface area (TPSA) is 48.0 Å². The van der Waals surface area contributed by atoms with E-state index in [0.717, 1.165) is 32.1 Å². The molecule has 2 heterocycles. The van der Waals surface area contributed by atoms with Crippen molar-refractivity contribution in [3.8, 4) is 0 Å². The van der Waals surface area contributed by atoms with Gasteiger partial charge in [-0.2, -0.15) is 0 Å². The maximum Gasteiger partial charge on any atom is 0.410 e. The van der Waals surface area contributed by atoms with Gasteiger partial charge in [0, 0.05) is 0 Å². The molecule has 0 aliphatic carbocycles. The maximum absolute atomic E-state index is 13.2. The summed E-state index contributed by atoms with van der Waals surface area (Å²) in [6.07, 6.45) is 15.4. The summed E-state index contributed by atoms with van der Waals surface area (Å²) in [7, 11) is -4.02. The fourth-order valence-corrected chi connectivity index (χ4v) is 20.7. The standard InChI is InChI=1S/C39H75NO4Si2/c1-15-16-17-18-20-23-35(43-45(28(2)3,29(4)5)30(6)7)24-21-19-22-25-38-36-26-27-37(34(14)40(36)39(41)42-38)44-46(31(8)9,32(10)11)33(12)13/h19,24,28-38H,15-18,20,22-23,25-27H2,1-14H3/t21?,34-,35-,36+,37+,38?/m0/s1. The van der Waals surface area contributed by atoms with Gasteiger partial charge in [-0.25, -0.2) is 4.79 Å². The van der Waals surface area contributed by atoms with E-state index in [1.165, 1.54) is 32.1 Å². The number of rotatable bonds is 20. The fourth-order valence-electron chi connectivity index (χ4n) is 9.51. The highest BCUT2D eigenvalue weighted by atomic mass is 28.4. The first-order valence-electron chi connectivity index (χ1n) is 19.3. The van der Waals surface area contributed by atoms with Crippen molar-refractivity contribution in [2.75, 3.05) is 0 Å². The molecular weight excluding hydrogens is 603 g/mol. The first kappa shape index (κ1) is 41.3. The zero-order valence-corrected chi connectivity index (χ0v) is 34.7. The van der Waals surface area contributed by atoms with Crippen LogP contribution in [-0.2, 0) is 13.6 Å². The van der Waals surface area contributed by atoms with Gasteiger partial charge in [-0.15, -0.1) is 5.73 Å². The third kappa shape index (κ3) is 9.64. The lowest BCUT2D eigenvalue weighted by atomic mass is 9.91. The van der Waals surface area contributed by atoms with Crippen molar-refractivity contribution in [3.05, 3.63) is 17.9 Å². The van der Waals surface area contributed by atoms with Crippen LogP contribution in [0.15, 0.2) is 17.9 Å². The summed E-state index contributed by atoms with van der Waals surface area (Å²) < 4.78 is 20.4. The zero-order valence-electron chi connectivity index (χ0n) is 32.7. The van der Waals surface area contributed by atoms with Gasteiger partial charge in [-0.1, -0.05) is 122 Å². The number of piperidine rings is 1. The predicted molar refractivity (Wildman–Crippen MR) is 202 cm³/mol. The highest BCUT2D eigenvalue weighted by Crippen LogP contribution is 2.46. The van der Waals surface area contributed by atoms with E-state index in [-0.39, 0.29) is 36.5 Å². The Morgan fingerprint density at radius 2 is 1.37 bits per heavy atom. The molecule has 7 heteroatoms. The smallest absolute Gasteiger partial charge is 0.410 e. The van der Waals surface area contributed by atoms with Crippen molar-refractivity contribution >= 4 is 22.7 Å². The van der Waals surface area contributed by atoms with E-state index in [4.69, 9.17) is 13.6 Å². The lowest BCUT2D eigenvalue weighted by Gasteiger charge is -2.49. The Labute approximate surface area is 287 Å². The van der Waals surface area contributed by atoms with Crippen LogP contribution >= 0.6 is 0 Å². The molecule has 0 bridgehead atoms. The van der Waals surface area contributed by atoms with E-state index >= 15 is 0 Å². The van der Waals surface area contributed by atoms with Crippen molar-refractivity contribution in [1.29, 1.82) is 0 Å². The van der Waals surface area contributed by atoms with Crippen LogP contribution in [0, 0.1) is 0 Å². The second-order valence-corrected chi connectivity index (χ2v) is 27.3. The van der Waals surface area contributed by atoms with Crippen LogP contribution in [0.4, 0.5) is 4.79 Å². The number of hydrogen-bond acceptors (Lipinski definition) is 4. The quantitative estimate of drug-likeness (QED) is 0.0731. The lowest BCUT2D eigenvalue weighted by molar-refractivity contribution is 0.0246. The Morgan fingerprint density at radius 1 is 0.826 bits per heavy atom. The molecule has 0 aromatic rings. The Hall–Kier alpha value is -0.856. The summed E-state index contributed by atoms with van der Waals surface area (Å²) in [5.41, 5.74) is 6.82. The molecule has 0 spiro atoms. The molecule has 0 N–H and O–H groups in total. The second-order valence-electron chi connectivity index (χ2n) is 16.5. The first-order valence-corrected chi connectivity index (χ1v) is 23.6. The van der Waals surface area contributed by atoms with Crippen molar-refractivity contribution in [1.82, 2.24) is 4.90 Å². The average Bonchev–Trinajstić information content (AvgIpc) is 3.28. The van der Waals surface area contributed by atoms with Crippen LogP contribution in [0.1, 0.15) is 161 Å². The van der Waals surface area contributed by atoms with Crippen LogP contribution in [0.5, 0.6) is 0 Å². The number of unbranched alkanes of at least 4 members (excludes halogenated alkanes) is 4. The first-order chi connectivity index (χ1) is 21.6. The van der Waals surface area contributed by atoms with Gasteiger partial charge < -0.3 is 13.6 Å². The summed E-state index contributed by atoms with van der Waals surface area (Å²) in [6, 6.07) is 0.180. The number of cyclic esters (lactones) is 1. The molecular formula is C39H75NO4Si2. The number of ether oxygens (including phenoxy) is 1. The van der Waals surface area contributed by atoms with E-state index in [1.807, 2.05) is 4.90 Å². The summed E-state index contributed by atoms with van der Waals surface area (Å²) in [6.45, 7) is 32.7. The number of fused-ring (bicyclic) bond motifs is 1. The molecule has 0 aromatic heterocycles. The molecule has 2 saturated heterocycles. The van der Waals surface area contributed by atoms with E-state index in [2.05, 4.69) is 115 Å². The number of carbonyl (C=O) groups is 1. The van der Waals surface area contributed by atoms with E-state index in [0.29, 0.717) is 33.2 Å². The molecule has 0 saturated carbocycles. The van der Waals surface area contributed by atoms with Gasteiger partial charge in [0.1, 0.15) is 6.10 Å². The molecule has 5 atom stereocenters. The van der Waals surface area contributed by atoms with Crippen LogP contribution in [0.25, 0.3) is 0 Å². The summed E-state index contributed by atoms with van der Waals surface area (Å²) >= 11 is 0. The number of carbonyl (C=O) groups excluding carboxylic acids is 1. The Kier molecular flexibility index (Phi) is 16.9. The van der Waals surface area contributed by atoms with Gasteiger partial charge in [-0.3, -0.25) is 4.90 Å². The summed E-state index contributed by atoms with van der Waals surface area (Å²) in [5.74, 6) is 0. The molecule has 5 nitrogen and oxygen atoms in total. The van der Waals surface area contributed by atoms with Crippen LogP contribution in [0.2, 0.25) is 33.2 Å².